The van der Waals surface area contributed by atoms with Gasteiger partial charge in [-0.3, -0.25) is 4.79 Å². The Kier molecular flexibility index (Phi) is 5.57. The zero-order chi connectivity index (χ0) is 22.1. The minimum Gasteiger partial charge on any atom is -0.497 e. The van der Waals surface area contributed by atoms with Gasteiger partial charge < -0.3 is 14.6 Å². The van der Waals surface area contributed by atoms with Crippen LogP contribution in [0.5, 0.6) is 5.75 Å². The maximum atomic E-state index is 15.2. The van der Waals surface area contributed by atoms with E-state index in [1.54, 1.807) is 23.2 Å². The van der Waals surface area contributed by atoms with Crippen molar-refractivity contribution in [2.24, 2.45) is 0 Å². The number of fused-ring (bicyclic) bond motifs is 3. The van der Waals surface area contributed by atoms with E-state index in [9.17, 15) is 4.79 Å². The first-order chi connectivity index (χ1) is 15.7. The Morgan fingerprint density at radius 3 is 2.84 bits per heavy atom. The highest BCUT2D eigenvalue weighted by Crippen LogP contribution is 2.40. The van der Waals surface area contributed by atoms with E-state index in [0.29, 0.717) is 24.3 Å². The molecule has 1 N–H and O–H groups in total. The molecule has 5 nitrogen and oxygen atoms in total. The summed E-state index contributed by atoms with van der Waals surface area (Å²) in [4.78, 5) is 22.9. The number of nitrogens with zero attached hydrogens (tertiary/aromatic N) is 2. The Morgan fingerprint density at radius 1 is 1.22 bits per heavy atom. The molecule has 2 aromatic heterocycles. The minimum absolute atomic E-state index is 0.0508. The molecule has 0 radical (unpaired) electrons. The van der Waals surface area contributed by atoms with Gasteiger partial charge in [0.1, 0.15) is 17.6 Å². The largest absolute Gasteiger partial charge is 0.497 e. The number of carbonyl (C=O) groups is 1. The normalized spacial score (nSPS) is 15.6. The van der Waals surface area contributed by atoms with Gasteiger partial charge in [-0.1, -0.05) is 36.0 Å². The number of pyridine rings is 1. The molecule has 0 saturated heterocycles. The molecular weight excluding hydrogens is 425 g/mol. The van der Waals surface area contributed by atoms with Crippen molar-refractivity contribution in [1.82, 2.24) is 14.9 Å². The lowest BCUT2D eigenvalue weighted by atomic mass is 9.92. The average Bonchev–Trinajstić information content (AvgIpc) is 3.21. The van der Waals surface area contributed by atoms with Gasteiger partial charge in [-0.15, -0.1) is 0 Å². The SMILES string of the molecule is COc1ccc([C@H]2c3[nH]c4ccccc4c3CCN2C(=O)CSc2ccccn2)c(F)c1. The summed E-state index contributed by atoms with van der Waals surface area (Å²) in [5, 5.41) is 1.91. The van der Waals surface area contributed by atoms with Crippen molar-refractivity contribution in [2.75, 3.05) is 19.4 Å². The number of hydrogen-bond acceptors (Lipinski definition) is 4. The number of nitrogens with one attached hydrogen (secondary N) is 1. The van der Waals surface area contributed by atoms with Crippen LogP contribution in [0.4, 0.5) is 4.39 Å². The lowest BCUT2D eigenvalue weighted by Crippen LogP contribution is -2.41. The summed E-state index contributed by atoms with van der Waals surface area (Å²) in [5.41, 5.74) is 3.46. The van der Waals surface area contributed by atoms with E-state index in [4.69, 9.17) is 4.74 Å². The van der Waals surface area contributed by atoms with Gasteiger partial charge in [-0.25, -0.2) is 9.37 Å². The molecule has 2 aromatic carbocycles. The number of rotatable bonds is 5. The van der Waals surface area contributed by atoms with E-state index in [1.807, 2.05) is 36.4 Å². The summed E-state index contributed by atoms with van der Waals surface area (Å²) in [6, 6.07) is 18.0. The van der Waals surface area contributed by atoms with Crippen LogP contribution in [0.1, 0.15) is 22.9 Å². The van der Waals surface area contributed by atoms with Gasteiger partial charge in [0.15, 0.2) is 0 Å². The van der Waals surface area contributed by atoms with Crippen molar-refractivity contribution >= 4 is 28.6 Å². The monoisotopic (exact) mass is 447 g/mol. The molecule has 0 fully saturated rings. The number of methoxy groups -OCH3 is 1. The summed E-state index contributed by atoms with van der Waals surface area (Å²) in [6.45, 7) is 0.520. The highest BCUT2D eigenvalue weighted by molar-refractivity contribution is 7.99. The molecule has 5 rings (SSSR count). The van der Waals surface area contributed by atoms with Crippen LogP contribution in [-0.2, 0) is 11.2 Å². The van der Waals surface area contributed by atoms with Gasteiger partial charge in [-0.2, -0.15) is 0 Å². The second-order valence-corrected chi connectivity index (χ2v) is 8.64. The molecule has 1 atom stereocenters. The van der Waals surface area contributed by atoms with Crippen LogP contribution < -0.4 is 4.74 Å². The molecule has 162 valence electrons. The molecule has 0 bridgehead atoms. The van der Waals surface area contributed by atoms with Crippen LogP contribution >= 0.6 is 11.8 Å². The van der Waals surface area contributed by atoms with Gasteiger partial charge in [0.05, 0.1) is 17.9 Å². The summed E-state index contributed by atoms with van der Waals surface area (Å²) in [5.74, 6) is 0.240. The highest BCUT2D eigenvalue weighted by atomic mass is 32.2. The zero-order valence-corrected chi connectivity index (χ0v) is 18.4. The minimum atomic E-state index is -0.533. The molecule has 1 aliphatic heterocycles. The summed E-state index contributed by atoms with van der Waals surface area (Å²) < 4.78 is 20.4. The van der Waals surface area contributed by atoms with Gasteiger partial charge in [0, 0.05) is 41.0 Å². The molecule has 0 spiro atoms. The number of halogens is 1. The molecule has 4 aromatic rings. The second kappa shape index (κ2) is 8.67. The number of amides is 1. The number of ether oxygens (including phenoxy) is 1. The second-order valence-electron chi connectivity index (χ2n) is 7.65. The van der Waals surface area contributed by atoms with E-state index in [-0.39, 0.29) is 11.7 Å². The number of aromatic nitrogens is 2. The van der Waals surface area contributed by atoms with E-state index < -0.39 is 11.9 Å². The smallest absolute Gasteiger partial charge is 0.233 e. The summed E-state index contributed by atoms with van der Waals surface area (Å²) >= 11 is 1.39. The van der Waals surface area contributed by atoms with Gasteiger partial charge in [0.25, 0.3) is 0 Å². The van der Waals surface area contributed by atoms with Crippen LogP contribution in [0.3, 0.4) is 0 Å². The van der Waals surface area contributed by atoms with Crippen molar-refractivity contribution in [2.45, 2.75) is 17.5 Å². The molecule has 3 heterocycles. The zero-order valence-electron chi connectivity index (χ0n) is 17.5. The first-order valence-electron chi connectivity index (χ1n) is 10.4. The highest BCUT2D eigenvalue weighted by Gasteiger charge is 2.36. The Labute approximate surface area is 189 Å². The lowest BCUT2D eigenvalue weighted by Gasteiger charge is -2.36. The number of para-hydroxylation sites is 1. The molecular formula is C25H22FN3O2S. The molecule has 7 heteroatoms. The fraction of sp³-hybridized carbons (Fsp3) is 0.200. The van der Waals surface area contributed by atoms with Crippen molar-refractivity contribution in [3.63, 3.8) is 0 Å². The molecule has 1 amide bonds. The Balaban J connectivity index is 1.54. The van der Waals surface area contributed by atoms with E-state index in [2.05, 4.69) is 16.0 Å². The average molecular weight is 448 g/mol. The number of thioether (sulfide) groups is 1. The van der Waals surface area contributed by atoms with Crippen LogP contribution in [-0.4, -0.2) is 40.2 Å². The lowest BCUT2D eigenvalue weighted by molar-refractivity contribution is -0.130. The van der Waals surface area contributed by atoms with Crippen LogP contribution in [0, 0.1) is 5.82 Å². The molecule has 0 saturated carbocycles. The van der Waals surface area contributed by atoms with E-state index in [0.717, 1.165) is 27.2 Å². The Hall–Kier alpha value is -3.32. The number of aromatic amines is 1. The number of H-pyrrole nitrogens is 1. The predicted octanol–water partition coefficient (Wildman–Crippen LogP) is 4.98. The number of carbonyl (C=O) groups excluding carboxylic acids is 1. The fourth-order valence-corrected chi connectivity index (χ4v) is 5.09. The predicted molar refractivity (Wildman–Crippen MR) is 123 cm³/mol. The standard InChI is InChI=1S/C25H22FN3O2S/c1-31-16-9-10-19(20(26)14-16)25-24-18(17-6-2-3-7-21(17)28-24)11-13-29(25)23(30)15-32-22-8-4-5-12-27-22/h2-10,12,14,25,28H,11,13,15H2,1H3/t25-/m0/s1. The molecule has 0 unspecified atom stereocenters. The third kappa shape index (κ3) is 3.73. The van der Waals surface area contributed by atoms with Crippen molar-refractivity contribution in [3.8, 4) is 5.75 Å². The molecule has 0 aliphatic carbocycles. The first kappa shape index (κ1) is 20.6. The molecule has 32 heavy (non-hydrogen) atoms. The maximum Gasteiger partial charge on any atom is 0.233 e. The Morgan fingerprint density at radius 2 is 2.06 bits per heavy atom. The molecule has 1 aliphatic rings. The quantitative estimate of drug-likeness (QED) is 0.439. The van der Waals surface area contributed by atoms with Gasteiger partial charge in [-0.05, 0) is 42.3 Å². The van der Waals surface area contributed by atoms with Crippen LogP contribution in [0.2, 0.25) is 0 Å². The van der Waals surface area contributed by atoms with Crippen LogP contribution in [0.15, 0.2) is 71.9 Å². The maximum absolute atomic E-state index is 15.2. The summed E-state index contributed by atoms with van der Waals surface area (Å²) in [7, 11) is 1.51. The van der Waals surface area contributed by atoms with Gasteiger partial charge in [0.2, 0.25) is 5.91 Å². The topological polar surface area (TPSA) is 58.2 Å². The van der Waals surface area contributed by atoms with Gasteiger partial charge >= 0.3 is 0 Å². The van der Waals surface area contributed by atoms with Crippen molar-refractivity contribution in [3.05, 3.63) is 89.5 Å². The third-order valence-electron chi connectivity index (χ3n) is 5.84. The first-order valence-corrected chi connectivity index (χ1v) is 11.4. The summed E-state index contributed by atoms with van der Waals surface area (Å²) in [6.07, 6.45) is 2.42. The van der Waals surface area contributed by atoms with Crippen LogP contribution in [0.25, 0.3) is 10.9 Å². The third-order valence-corrected chi connectivity index (χ3v) is 6.77. The van der Waals surface area contributed by atoms with Crippen molar-refractivity contribution < 1.29 is 13.9 Å². The fourth-order valence-electron chi connectivity index (χ4n) is 4.34. The number of benzene rings is 2. The van der Waals surface area contributed by atoms with E-state index >= 15 is 4.39 Å². The number of hydrogen-bond donors (Lipinski definition) is 1. The van der Waals surface area contributed by atoms with E-state index in [1.165, 1.54) is 24.9 Å². The Bertz CT molecular complexity index is 1270. The van der Waals surface area contributed by atoms with Crippen molar-refractivity contribution in [1.29, 1.82) is 0 Å².